The first-order valence-electron chi connectivity index (χ1n) is 8.80. The van der Waals surface area contributed by atoms with E-state index < -0.39 is 0 Å². The van der Waals surface area contributed by atoms with Crippen LogP contribution in [0.25, 0.3) is 0 Å². The summed E-state index contributed by atoms with van der Waals surface area (Å²) in [5.74, 6) is 0.748. The molecule has 0 N–H and O–H groups in total. The molecule has 0 amide bonds. The molecule has 1 rings (SSSR count). The van der Waals surface area contributed by atoms with Gasteiger partial charge in [-0.25, -0.2) is 0 Å². The van der Waals surface area contributed by atoms with Crippen molar-refractivity contribution < 1.29 is 14.3 Å². The Labute approximate surface area is 140 Å². The summed E-state index contributed by atoms with van der Waals surface area (Å²) in [7, 11) is 1.68. The van der Waals surface area contributed by atoms with E-state index in [-0.39, 0.29) is 17.5 Å². The Morgan fingerprint density at radius 2 is 1.48 bits per heavy atom. The van der Waals surface area contributed by atoms with Crippen LogP contribution >= 0.6 is 0 Å². The van der Waals surface area contributed by atoms with Crippen LogP contribution in [0.1, 0.15) is 64.4 Å². The summed E-state index contributed by atoms with van der Waals surface area (Å²) >= 11 is 0. The summed E-state index contributed by atoms with van der Waals surface area (Å²) in [4.78, 5) is 23.7. The summed E-state index contributed by atoms with van der Waals surface area (Å²) in [5, 5.41) is 0. The van der Waals surface area contributed by atoms with Crippen molar-refractivity contribution in [1.82, 2.24) is 0 Å². The number of aryl methyl sites for hydroxylation is 1. The van der Waals surface area contributed by atoms with Crippen LogP contribution in [0, 0.1) is 5.92 Å². The third kappa shape index (κ3) is 6.98. The summed E-state index contributed by atoms with van der Waals surface area (Å²) < 4.78 is 5.15. The van der Waals surface area contributed by atoms with E-state index in [1.165, 1.54) is 5.56 Å². The van der Waals surface area contributed by atoms with Gasteiger partial charge in [0.25, 0.3) is 0 Å². The average Bonchev–Trinajstić information content (AvgIpc) is 2.60. The van der Waals surface area contributed by atoms with Crippen molar-refractivity contribution in [2.24, 2.45) is 5.92 Å². The number of hydrogen-bond acceptors (Lipinski definition) is 3. The van der Waals surface area contributed by atoms with Gasteiger partial charge >= 0.3 is 0 Å². The van der Waals surface area contributed by atoms with E-state index in [1.54, 1.807) is 7.11 Å². The molecule has 1 aromatic carbocycles. The van der Waals surface area contributed by atoms with Crippen molar-refractivity contribution in [3.8, 4) is 5.75 Å². The zero-order valence-electron chi connectivity index (χ0n) is 14.8. The second-order valence-corrected chi connectivity index (χ2v) is 5.99. The lowest BCUT2D eigenvalue weighted by Gasteiger charge is -2.12. The molecule has 0 aliphatic rings. The number of ketones is 2. The molecule has 0 fully saturated rings. The molecule has 3 nitrogen and oxygen atoms in total. The molecule has 0 unspecified atom stereocenters. The fraction of sp³-hybridized carbons (Fsp3) is 0.600. The highest BCUT2D eigenvalue weighted by Crippen LogP contribution is 2.18. The Hall–Kier alpha value is -1.64. The maximum Gasteiger partial charge on any atom is 0.143 e. The van der Waals surface area contributed by atoms with Crippen molar-refractivity contribution in [1.29, 1.82) is 0 Å². The van der Waals surface area contributed by atoms with Gasteiger partial charge < -0.3 is 4.74 Å². The van der Waals surface area contributed by atoms with Gasteiger partial charge in [0, 0.05) is 12.8 Å². The molecule has 0 radical (unpaired) electrons. The molecule has 0 aliphatic carbocycles. The molecule has 0 heterocycles. The smallest absolute Gasteiger partial charge is 0.143 e. The standard InChI is InChI=1S/C20H30O3/c1-4-19(21)18(20(22)5-2)11-9-7-6-8-10-16-12-14-17(23-3)15-13-16/h12-15,18H,4-11H2,1-3H3. The SMILES string of the molecule is CCC(=O)C(CCCCCCc1ccc(OC)cc1)C(=O)CC. The van der Waals surface area contributed by atoms with Crippen LogP contribution in [0.2, 0.25) is 0 Å². The molecular weight excluding hydrogens is 288 g/mol. The van der Waals surface area contributed by atoms with Crippen molar-refractivity contribution in [2.45, 2.75) is 65.2 Å². The van der Waals surface area contributed by atoms with Crippen molar-refractivity contribution in [3.63, 3.8) is 0 Å². The number of ether oxygens (including phenoxy) is 1. The van der Waals surface area contributed by atoms with Crippen LogP contribution in [0.5, 0.6) is 5.75 Å². The maximum atomic E-state index is 11.8. The highest BCUT2D eigenvalue weighted by Gasteiger charge is 2.22. The van der Waals surface area contributed by atoms with Gasteiger partial charge in [-0.1, -0.05) is 45.2 Å². The number of carbonyl (C=O) groups excluding carboxylic acids is 2. The number of carbonyl (C=O) groups is 2. The van der Waals surface area contributed by atoms with Crippen molar-refractivity contribution in [3.05, 3.63) is 29.8 Å². The predicted molar refractivity (Wildman–Crippen MR) is 93.9 cm³/mol. The first-order chi connectivity index (χ1) is 11.1. The summed E-state index contributed by atoms with van der Waals surface area (Å²) in [6, 6.07) is 8.20. The van der Waals surface area contributed by atoms with Crippen LogP contribution in [-0.2, 0) is 16.0 Å². The van der Waals surface area contributed by atoms with Crippen LogP contribution in [0.3, 0.4) is 0 Å². The number of hydrogen-bond donors (Lipinski definition) is 0. The minimum absolute atomic E-state index is 0.107. The minimum atomic E-state index is -0.355. The molecule has 0 atom stereocenters. The third-order valence-electron chi connectivity index (χ3n) is 4.34. The maximum absolute atomic E-state index is 11.8. The topological polar surface area (TPSA) is 43.4 Å². The minimum Gasteiger partial charge on any atom is -0.497 e. The molecule has 0 aromatic heterocycles. The fourth-order valence-electron chi connectivity index (χ4n) is 2.82. The highest BCUT2D eigenvalue weighted by atomic mass is 16.5. The lowest BCUT2D eigenvalue weighted by Crippen LogP contribution is -2.22. The van der Waals surface area contributed by atoms with Crippen molar-refractivity contribution >= 4 is 11.6 Å². The van der Waals surface area contributed by atoms with Crippen LogP contribution in [0.15, 0.2) is 24.3 Å². The van der Waals surface area contributed by atoms with Gasteiger partial charge in [-0.2, -0.15) is 0 Å². The van der Waals surface area contributed by atoms with E-state index in [0.717, 1.165) is 44.3 Å². The van der Waals surface area contributed by atoms with E-state index >= 15 is 0 Å². The number of methoxy groups -OCH3 is 1. The number of benzene rings is 1. The van der Waals surface area contributed by atoms with E-state index in [4.69, 9.17) is 4.74 Å². The predicted octanol–water partition coefficient (Wildman–Crippen LogP) is 4.76. The molecule has 0 bridgehead atoms. The van der Waals surface area contributed by atoms with Gasteiger partial charge in [-0.15, -0.1) is 0 Å². The Kier molecular flexibility index (Phi) is 9.27. The van der Waals surface area contributed by atoms with Crippen LogP contribution in [0.4, 0.5) is 0 Å². The van der Waals surface area contributed by atoms with Crippen LogP contribution in [-0.4, -0.2) is 18.7 Å². The molecule has 128 valence electrons. The van der Waals surface area contributed by atoms with Gasteiger partial charge in [0.2, 0.25) is 0 Å². The molecule has 0 aliphatic heterocycles. The largest absolute Gasteiger partial charge is 0.497 e. The summed E-state index contributed by atoms with van der Waals surface area (Å²) in [6.45, 7) is 3.68. The number of Topliss-reactive ketones (excluding diaryl/α,β-unsaturated/α-hetero) is 2. The molecule has 23 heavy (non-hydrogen) atoms. The molecular formula is C20H30O3. The van der Waals surface area contributed by atoms with Gasteiger partial charge in [0.1, 0.15) is 17.3 Å². The fourth-order valence-corrected chi connectivity index (χ4v) is 2.82. The lowest BCUT2D eigenvalue weighted by molar-refractivity contribution is -0.132. The van der Waals surface area contributed by atoms with E-state index in [1.807, 2.05) is 26.0 Å². The highest BCUT2D eigenvalue weighted by molar-refractivity contribution is 6.02. The van der Waals surface area contributed by atoms with Crippen LogP contribution < -0.4 is 4.74 Å². The third-order valence-corrected chi connectivity index (χ3v) is 4.34. The van der Waals surface area contributed by atoms with Gasteiger partial charge in [0.15, 0.2) is 0 Å². The second kappa shape index (κ2) is 11.0. The van der Waals surface area contributed by atoms with Gasteiger partial charge in [0.05, 0.1) is 13.0 Å². The summed E-state index contributed by atoms with van der Waals surface area (Å²) in [6.07, 6.45) is 7.05. The average molecular weight is 318 g/mol. The molecule has 0 spiro atoms. The normalized spacial score (nSPS) is 10.8. The lowest BCUT2D eigenvalue weighted by atomic mass is 9.90. The zero-order valence-corrected chi connectivity index (χ0v) is 14.8. The Bertz CT molecular complexity index is 460. The second-order valence-electron chi connectivity index (χ2n) is 5.99. The summed E-state index contributed by atoms with van der Waals surface area (Å²) in [5.41, 5.74) is 1.32. The molecule has 0 saturated heterocycles. The van der Waals surface area contributed by atoms with E-state index in [9.17, 15) is 9.59 Å². The monoisotopic (exact) mass is 318 g/mol. The Morgan fingerprint density at radius 1 is 0.913 bits per heavy atom. The quantitative estimate of drug-likeness (QED) is 0.412. The molecule has 3 heteroatoms. The first-order valence-corrected chi connectivity index (χ1v) is 8.80. The van der Waals surface area contributed by atoms with Gasteiger partial charge in [-0.3, -0.25) is 9.59 Å². The van der Waals surface area contributed by atoms with Crippen molar-refractivity contribution in [2.75, 3.05) is 7.11 Å². The molecule has 1 aromatic rings. The Morgan fingerprint density at radius 3 is 2.00 bits per heavy atom. The number of unbranched alkanes of at least 4 members (excludes halogenated alkanes) is 3. The molecule has 0 saturated carbocycles. The Balaban J connectivity index is 2.22. The van der Waals surface area contributed by atoms with E-state index in [0.29, 0.717) is 12.8 Å². The zero-order chi connectivity index (χ0) is 17.1. The van der Waals surface area contributed by atoms with E-state index in [2.05, 4.69) is 12.1 Å². The van der Waals surface area contributed by atoms with Gasteiger partial charge in [-0.05, 0) is 37.0 Å². The number of rotatable bonds is 12. The first kappa shape index (κ1) is 19.4.